The van der Waals surface area contributed by atoms with E-state index < -0.39 is 0 Å². The van der Waals surface area contributed by atoms with Crippen LogP contribution in [0.4, 0.5) is 0 Å². The fourth-order valence-electron chi connectivity index (χ4n) is 8.82. The van der Waals surface area contributed by atoms with Crippen LogP contribution in [0.1, 0.15) is 103 Å². The molecule has 3 aromatic heterocycles. The molecule has 5 nitrogen and oxygen atoms in total. The molecule has 0 aliphatic rings. The van der Waals surface area contributed by atoms with Gasteiger partial charge in [-0.05, 0) is 99.3 Å². The van der Waals surface area contributed by atoms with E-state index in [0.29, 0.717) is 0 Å². The molecule has 0 fully saturated rings. The molecule has 63 heavy (non-hydrogen) atoms. The van der Waals surface area contributed by atoms with Crippen LogP contribution in [0.3, 0.4) is 0 Å². The van der Waals surface area contributed by atoms with Gasteiger partial charge in [-0.1, -0.05) is 160 Å². The highest BCUT2D eigenvalue weighted by Crippen LogP contribution is 2.40. The van der Waals surface area contributed by atoms with E-state index in [-0.39, 0.29) is 21.7 Å². The van der Waals surface area contributed by atoms with E-state index in [4.69, 9.17) is 9.72 Å². The molecule has 5 heteroatoms. The molecule has 0 N–H and O–H groups in total. The lowest BCUT2D eigenvalue weighted by Crippen LogP contribution is -2.40. The summed E-state index contributed by atoms with van der Waals surface area (Å²) in [6.45, 7) is 22.7. The largest absolute Gasteiger partial charge is 0.458 e. The molecule has 9 aromatic rings. The van der Waals surface area contributed by atoms with Gasteiger partial charge in [0.15, 0.2) is 0 Å². The molecule has 0 saturated heterocycles. The van der Waals surface area contributed by atoms with E-state index in [1.807, 2.05) is 6.20 Å². The van der Waals surface area contributed by atoms with Crippen molar-refractivity contribution < 1.29 is 9.30 Å². The van der Waals surface area contributed by atoms with Gasteiger partial charge < -0.3 is 4.74 Å². The highest BCUT2D eigenvalue weighted by Gasteiger charge is 2.30. The Morgan fingerprint density at radius 3 is 1.81 bits per heavy atom. The van der Waals surface area contributed by atoms with Crippen molar-refractivity contribution in [2.45, 2.75) is 90.9 Å². The topological polar surface area (TPSA) is 35.9 Å². The third-order valence-electron chi connectivity index (χ3n) is 12.9. The number of rotatable bonds is 9. The molecule has 0 aliphatic carbocycles. The second kappa shape index (κ2) is 15.6. The van der Waals surface area contributed by atoms with Crippen LogP contribution < -0.4 is 9.30 Å². The van der Waals surface area contributed by atoms with Gasteiger partial charge in [-0.15, -0.1) is 0 Å². The predicted molar refractivity (Wildman–Crippen MR) is 259 cm³/mol. The molecule has 0 bridgehead atoms. The van der Waals surface area contributed by atoms with Crippen molar-refractivity contribution in [1.29, 1.82) is 0 Å². The van der Waals surface area contributed by atoms with E-state index in [1.165, 1.54) is 27.6 Å². The summed E-state index contributed by atoms with van der Waals surface area (Å²) in [5, 5.41) is 2.32. The number of para-hydroxylation sites is 1. The van der Waals surface area contributed by atoms with Gasteiger partial charge in [0, 0.05) is 40.1 Å². The van der Waals surface area contributed by atoms with E-state index in [1.54, 1.807) is 0 Å². The van der Waals surface area contributed by atoms with Crippen molar-refractivity contribution in [2.75, 3.05) is 0 Å². The summed E-state index contributed by atoms with van der Waals surface area (Å²) >= 11 is 0. The SMILES string of the molecule is CC(C)(C)c1cccc(-[n+]2[c-]n(-c3cc(Oc4ccc5c6ccccc6n(-c6cc(C(C)(C)C)ccn6)c5c4)cc(C(C)(C)c4ccccc4)c3)cc2C(C)(C)c2ccccc2)c1. The van der Waals surface area contributed by atoms with Gasteiger partial charge in [0.25, 0.3) is 6.33 Å². The smallest absolute Gasteiger partial charge is 0.269 e. The molecule has 0 saturated carbocycles. The highest BCUT2D eigenvalue weighted by atomic mass is 16.5. The van der Waals surface area contributed by atoms with E-state index in [2.05, 4.69) is 253 Å². The van der Waals surface area contributed by atoms with Crippen molar-refractivity contribution in [3.8, 4) is 28.7 Å². The lowest BCUT2D eigenvalue weighted by molar-refractivity contribution is -0.611. The third kappa shape index (κ3) is 7.86. The maximum absolute atomic E-state index is 7.03. The Labute approximate surface area is 373 Å². The average Bonchev–Trinajstić information content (AvgIpc) is 3.87. The van der Waals surface area contributed by atoms with E-state index in [0.717, 1.165) is 56.4 Å². The number of ether oxygens (including phenoxy) is 1. The minimum atomic E-state index is -0.351. The van der Waals surface area contributed by atoms with Gasteiger partial charge in [-0.2, -0.15) is 0 Å². The number of nitrogens with zero attached hydrogens (tertiary/aromatic N) is 4. The van der Waals surface area contributed by atoms with Crippen LogP contribution in [0.25, 0.3) is 39.0 Å². The maximum atomic E-state index is 7.03. The Morgan fingerprint density at radius 2 is 1.11 bits per heavy atom. The van der Waals surface area contributed by atoms with Gasteiger partial charge in [0.2, 0.25) is 0 Å². The van der Waals surface area contributed by atoms with Gasteiger partial charge in [0.1, 0.15) is 17.3 Å². The Hall–Kier alpha value is -6.72. The molecule has 0 aliphatic heterocycles. The summed E-state index contributed by atoms with van der Waals surface area (Å²) in [7, 11) is 0. The molecule has 9 rings (SSSR count). The quantitative estimate of drug-likeness (QED) is 0.107. The standard InChI is InChI=1S/C58H58N4O/c1-55(2,3)42-24-19-25-45(32-42)61-39-60(38-53(61)58(9,10)41-22-15-12-16-23-41)46-33-44(57(7,8)40-20-13-11-14-21-40)34-48(36-46)63-47-28-29-50-49-26-17-18-27-51(49)62(52(50)37-47)54-35-43(30-31-59-54)56(4,5)6/h11-38H,1-10H3. The number of hydrogen-bond donors (Lipinski definition) is 0. The summed E-state index contributed by atoms with van der Waals surface area (Å²) in [5.41, 5.74) is 10.7. The van der Waals surface area contributed by atoms with Crippen LogP contribution in [0.5, 0.6) is 11.5 Å². The molecule has 0 amide bonds. The Kier molecular flexibility index (Phi) is 10.3. The van der Waals surface area contributed by atoms with Crippen LogP contribution in [-0.4, -0.2) is 14.1 Å². The second-order valence-electron chi connectivity index (χ2n) is 20.1. The molecule has 0 radical (unpaired) electrons. The number of imidazole rings is 1. The molecule has 3 heterocycles. The van der Waals surface area contributed by atoms with E-state index in [9.17, 15) is 0 Å². The van der Waals surface area contributed by atoms with Gasteiger partial charge >= 0.3 is 0 Å². The zero-order valence-corrected chi connectivity index (χ0v) is 38.4. The number of pyridine rings is 1. The molecule has 0 unspecified atom stereocenters. The number of aromatic nitrogens is 4. The number of benzene rings is 6. The lowest BCUT2D eigenvalue weighted by atomic mass is 9.78. The minimum Gasteiger partial charge on any atom is -0.458 e. The monoisotopic (exact) mass is 826 g/mol. The van der Waals surface area contributed by atoms with Gasteiger partial charge in [0.05, 0.1) is 28.1 Å². The molecular formula is C58H58N4O. The minimum absolute atomic E-state index is 0.0117. The molecule has 0 atom stereocenters. The third-order valence-corrected chi connectivity index (χ3v) is 12.9. The van der Waals surface area contributed by atoms with Gasteiger partial charge in [-0.25, -0.2) is 4.98 Å². The summed E-state index contributed by atoms with van der Waals surface area (Å²) in [4.78, 5) is 4.92. The molecule has 6 aromatic carbocycles. The highest BCUT2D eigenvalue weighted by molar-refractivity contribution is 6.09. The Bertz CT molecular complexity index is 3100. The van der Waals surface area contributed by atoms with Crippen LogP contribution in [0.2, 0.25) is 0 Å². The molecular weight excluding hydrogens is 769 g/mol. The second-order valence-corrected chi connectivity index (χ2v) is 20.1. The lowest BCUT2D eigenvalue weighted by Gasteiger charge is -2.28. The average molecular weight is 827 g/mol. The number of fused-ring (bicyclic) bond motifs is 3. The van der Waals surface area contributed by atoms with Crippen LogP contribution in [0.15, 0.2) is 170 Å². The maximum Gasteiger partial charge on any atom is 0.269 e. The van der Waals surface area contributed by atoms with Crippen LogP contribution in [0, 0.1) is 6.33 Å². The van der Waals surface area contributed by atoms with Crippen molar-refractivity contribution in [3.63, 3.8) is 0 Å². The normalized spacial score (nSPS) is 12.6. The predicted octanol–water partition coefficient (Wildman–Crippen LogP) is 14.1. The summed E-state index contributed by atoms with van der Waals surface area (Å²) in [5.74, 6) is 2.38. The Balaban J connectivity index is 1.22. The first-order valence-electron chi connectivity index (χ1n) is 22.1. The van der Waals surface area contributed by atoms with Gasteiger partial charge in [-0.3, -0.25) is 13.7 Å². The van der Waals surface area contributed by atoms with E-state index >= 15 is 0 Å². The van der Waals surface area contributed by atoms with Crippen molar-refractivity contribution >= 4 is 21.8 Å². The fourth-order valence-corrected chi connectivity index (χ4v) is 8.82. The van der Waals surface area contributed by atoms with Crippen molar-refractivity contribution in [2.24, 2.45) is 0 Å². The summed E-state index contributed by atoms with van der Waals surface area (Å²) in [6, 6.07) is 56.3. The molecule has 0 spiro atoms. The Morgan fingerprint density at radius 1 is 0.492 bits per heavy atom. The summed E-state index contributed by atoms with van der Waals surface area (Å²) in [6.07, 6.45) is 8.00. The number of hydrogen-bond acceptors (Lipinski definition) is 2. The van der Waals surface area contributed by atoms with Crippen LogP contribution in [-0.2, 0) is 21.7 Å². The van der Waals surface area contributed by atoms with Crippen LogP contribution >= 0.6 is 0 Å². The van der Waals surface area contributed by atoms with Crippen molar-refractivity contribution in [3.05, 3.63) is 210 Å². The fraction of sp³-hybridized carbons (Fsp3) is 0.241. The molecule has 316 valence electrons. The first-order valence-corrected chi connectivity index (χ1v) is 22.1. The first-order chi connectivity index (χ1) is 30.0. The first kappa shape index (κ1) is 41.6. The summed E-state index contributed by atoms with van der Waals surface area (Å²) < 4.78 is 13.7. The zero-order chi connectivity index (χ0) is 44.3. The zero-order valence-electron chi connectivity index (χ0n) is 38.4. The van der Waals surface area contributed by atoms with Crippen molar-refractivity contribution in [1.82, 2.24) is 14.1 Å².